The first-order valence-electron chi connectivity index (χ1n) is 10.8. The van der Waals surface area contributed by atoms with Crippen molar-refractivity contribution in [3.05, 3.63) is 88.5 Å². The summed E-state index contributed by atoms with van der Waals surface area (Å²) in [4.78, 5) is 36.7. The second-order valence-corrected chi connectivity index (χ2v) is 9.13. The third kappa shape index (κ3) is 5.52. The predicted octanol–water partition coefficient (Wildman–Crippen LogP) is 4.97. The summed E-state index contributed by atoms with van der Waals surface area (Å²) < 4.78 is 5.14. The fraction of sp³-hybridized carbons (Fsp3) is 0.222. The van der Waals surface area contributed by atoms with Crippen molar-refractivity contribution >= 4 is 35.1 Å². The van der Waals surface area contributed by atoms with Gasteiger partial charge in [0.2, 0.25) is 5.91 Å². The zero-order chi connectivity index (χ0) is 23.4. The van der Waals surface area contributed by atoms with Crippen LogP contribution in [0.25, 0.3) is 11.1 Å². The number of hydrogen-bond acceptors (Lipinski definition) is 5. The Hall–Kier alpha value is -3.38. The summed E-state index contributed by atoms with van der Waals surface area (Å²) in [6, 6.07) is 19.6. The Morgan fingerprint density at radius 3 is 2.52 bits per heavy atom. The Morgan fingerprint density at radius 2 is 1.70 bits per heavy atom. The molecule has 6 heteroatoms. The van der Waals surface area contributed by atoms with Crippen LogP contribution in [0.1, 0.15) is 32.6 Å². The molecule has 0 fully saturated rings. The lowest BCUT2D eigenvalue weighted by atomic mass is 10.0. The minimum Gasteiger partial charge on any atom is -0.457 e. The Bertz CT molecular complexity index is 1230. The van der Waals surface area contributed by atoms with Crippen molar-refractivity contribution in [2.45, 2.75) is 20.3 Å². The summed E-state index contributed by atoms with van der Waals surface area (Å²) >= 11 is 1.16. The van der Waals surface area contributed by atoms with Crippen LogP contribution in [0.4, 0.5) is 5.69 Å². The second kappa shape index (κ2) is 10.0. The number of esters is 1. The average molecular weight is 460 g/mol. The molecule has 4 rings (SSSR count). The van der Waals surface area contributed by atoms with E-state index in [2.05, 4.69) is 17.4 Å². The zero-order valence-corrected chi connectivity index (χ0v) is 19.5. The van der Waals surface area contributed by atoms with Crippen molar-refractivity contribution in [3.8, 4) is 11.1 Å². The first-order chi connectivity index (χ1) is 15.9. The highest BCUT2D eigenvalue weighted by molar-refractivity contribution is 8.00. The van der Waals surface area contributed by atoms with Crippen molar-refractivity contribution in [1.29, 1.82) is 0 Å². The molecule has 1 amide bonds. The summed E-state index contributed by atoms with van der Waals surface area (Å²) in [6.07, 6.45) is 0.864. The molecule has 0 spiro atoms. The predicted molar refractivity (Wildman–Crippen MR) is 132 cm³/mol. The van der Waals surface area contributed by atoms with E-state index in [1.165, 1.54) is 11.1 Å². The number of benzene rings is 3. The normalized spacial score (nSPS) is 11.5. The average Bonchev–Trinajstić information content (AvgIpc) is 3.17. The third-order valence-corrected chi connectivity index (χ3v) is 6.50. The highest BCUT2D eigenvalue weighted by Gasteiger charge is 2.20. The van der Waals surface area contributed by atoms with E-state index in [4.69, 9.17) is 4.74 Å². The summed E-state index contributed by atoms with van der Waals surface area (Å²) in [5.41, 5.74) is 8.06. The van der Waals surface area contributed by atoms with Gasteiger partial charge < -0.3 is 10.1 Å². The number of aryl methyl sites for hydroxylation is 2. The van der Waals surface area contributed by atoms with Gasteiger partial charge in [0.05, 0.1) is 11.5 Å². The van der Waals surface area contributed by atoms with Crippen LogP contribution in [0.3, 0.4) is 0 Å². The topological polar surface area (TPSA) is 72.5 Å². The lowest BCUT2D eigenvalue weighted by Gasteiger charge is -2.09. The number of hydrogen-bond donors (Lipinski definition) is 1. The van der Waals surface area contributed by atoms with E-state index in [1.807, 2.05) is 56.3 Å². The van der Waals surface area contributed by atoms with Gasteiger partial charge in [-0.1, -0.05) is 54.1 Å². The highest BCUT2D eigenvalue weighted by Crippen LogP contribution is 2.36. The first kappa shape index (κ1) is 22.8. The van der Waals surface area contributed by atoms with E-state index in [9.17, 15) is 14.4 Å². The monoisotopic (exact) mass is 459 g/mol. The van der Waals surface area contributed by atoms with Gasteiger partial charge in [0.25, 0.3) is 0 Å². The van der Waals surface area contributed by atoms with Crippen LogP contribution in [0, 0.1) is 13.8 Å². The van der Waals surface area contributed by atoms with Crippen LogP contribution in [-0.2, 0) is 20.7 Å². The number of Topliss-reactive ketones (excluding diaryl/α,β-unsaturated/α-hetero) is 1. The standard InChI is InChI=1S/C27H25NO4S/c1-17-7-10-24(18(2)11-17)28-26(30)15-33-16-27(31)32-14-25(29)21-9-8-20-12-19-5-3-4-6-22(19)23(20)13-21/h3-11,13H,12,14-16H2,1-2H3,(H,28,30). The molecular formula is C27H25NO4S. The van der Waals surface area contributed by atoms with Gasteiger partial charge in [-0.15, -0.1) is 11.8 Å². The van der Waals surface area contributed by atoms with E-state index < -0.39 is 5.97 Å². The highest BCUT2D eigenvalue weighted by atomic mass is 32.2. The van der Waals surface area contributed by atoms with Crippen molar-refractivity contribution in [3.63, 3.8) is 0 Å². The smallest absolute Gasteiger partial charge is 0.316 e. The summed E-state index contributed by atoms with van der Waals surface area (Å²) in [5.74, 6) is -0.812. The van der Waals surface area contributed by atoms with Crippen molar-refractivity contribution in [1.82, 2.24) is 0 Å². The fourth-order valence-corrected chi connectivity index (χ4v) is 4.55. The lowest BCUT2D eigenvalue weighted by Crippen LogP contribution is -2.18. The van der Waals surface area contributed by atoms with Crippen LogP contribution >= 0.6 is 11.8 Å². The Morgan fingerprint density at radius 1 is 0.909 bits per heavy atom. The zero-order valence-electron chi connectivity index (χ0n) is 18.6. The molecule has 0 bridgehead atoms. The van der Waals surface area contributed by atoms with Gasteiger partial charge in [-0.2, -0.15) is 0 Å². The van der Waals surface area contributed by atoms with Crippen LogP contribution in [0.15, 0.2) is 60.7 Å². The minimum absolute atomic E-state index is 0.00510. The number of amides is 1. The molecule has 0 heterocycles. The van der Waals surface area contributed by atoms with Gasteiger partial charge in [-0.25, -0.2) is 0 Å². The molecule has 1 N–H and O–H groups in total. The van der Waals surface area contributed by atoms with Gasteiger partial charge in [0.15, 0.2) is 12.4 Å². The Kier molecular flexibility index (Phi) is 6.94. The molecule has 0 aromatic heterocycles. The largest absolute Gasteiger partial charge is 0.457 e. The van der Waals surface area contributed by atoms with Gasteiger partial charge in [-0.3, -0.25) is 14.4 Å². The van der Waals surface area contributed by atoms with E-state index in [0.29, 0.717) is 5.56 Å². The number of ether oxygens (including phenoxy) is 1. The summed E-state index contributed by atoms with van der Waals surface area (Å²) in [7, 11) is 0. The van der Waals surface area contributed by atoms with Gasteiger partial charge in [0, 0.05) is 11.3 Å². The molecule has 0 saturated heterocycles. The molecule has 0 unspecified atom stereocenters. The van der Waals surface area contributed by atoms with Gasteiger partial charge >= 0.3 is 5.97 Å². The second-order valence-electron chi connectivity index (χ2n) is 8.15. The van der Waals surface area contributed by atoms with E-state index in [1.54, 1.807) is 6.07 Å². The van der Waals surface area contributed by atoms with Crippen molar-refractivity contribution in [2.24, 2.45) is 0 Å². The maximum atomic E-state index is 12.6. The third-order valence-electron chi connectivity index (χ3n) is 5.59. The fourth-order valence-electron chi connectivity index (χ4n) is 3.94. The van der Waals surface area contributed by atoms with Gasteiger partial charge in [0.1, 0.15) is 0 Å². The summed E-state index contributed by atoms with van der Waals surface area (Å²) in [6.45, 7) is 3.62. The molecule has 168 valence electrons. The Balaban J connectivity index is 1.23. The number of carbonyl (C=O) groups excluding carboxylic acids is 3. The SMILES string of the molecule is Cc1ccc(NC(=O)CSCC(=O)OCC(=O)c2ccc3c(c2)-c2ccccc2C3)c(C)c1. The molecule has 33 heavy (non-hydrogen) atoms. The molecule has 0 aliphatic heterocycles. The van der Waals surface area contributed by atoms with Crippen LogP contribution in [0.5, 0.6) is 0 Å². The van der Waals surface area contributed by atoms with E-state index >= 15 is 0 Å². The van der Waals surface area contributed by atoms with Crippen LogP contribution in [-0.4, -0.2) is 35.8 Å². The number of ketones is 1. The van der Waals surface area contributed by atoms with Crippen molar-refractivity contribution < 1.29 is 19.1 Å². The molecule has 0 atom stereocenters. The first-order valence-corrected chi connectivity index (χ1v) is 11.9. The minimum atomic E-state index is -0.515. The molecule has 3 aromatic carbocycles. The quantitative estimate of drug-likeness (QED) is 0.297. The number of nitrogens with one attached hydrogen (secondary N) is 1. The summed E-state index contributed by atoms with van der Waals surface area (Å²) in [5, 5.41) is 2.84. The van der Waals surface area contributed by atoms with Gasteiger partial charge in [-0.05, 0) is 60.2 Å². The lowest BCUT2D eigenvalue weighted by molar-refractivity contribution is -0.139. The number of thioether (sulfide) groups is 1. The molecular weight excluding hydrogens is 434 g/mol. The van der Waals surface area contributed by atoms with Crippen LogP contribution in [0.2, 0.25) is 0 Å². The maximum Gasteiger partial charge on any atom is 0.316 e. The number of carbonyl (C=O) groups is 3. The molecule has 3 aromatic rings. The molecule has 1 aliphatic carbocycles. The Labute approximate surface area is 197 Å². The molecule has 0 radical (unpaired) electrons. The maximum absolute atomic E-state index is 12.6. The molecule has 1 aliphatic rings. The van der Waals surface area contributed by atoms with Crippen molar-refractivity contribution in [2.75, 3.05) is 23.4 Å². The van der Waals surface area contributed by atoms with E-state index in [-0.39, 0.29) is 29.8 Å². The van der Waals surface area contributed by atoms with E-state index in [0.717, 1.165) is 46.1 Å². The number of anilines is 1. The van der Waals surface area contributed by atoms with Crippen LogP contribution < -0.4 is 5.32 Å². The number of fused-ring (bicyclic) bond motifs is 3. The molecule has 0 saturated carbocycles. The molecule has 5 nitrogen and oxygen atoms in total. The number of rotatable bonds is 8.